The summed E-state index contributed by atoms with van der Waals surface area (Å²) >= 11 is 0. The van der Waals surface area contributed by atoms with Crippen LogP contribution in [-0.2, 0) is 0 Å². The van der Waals surface area contributed by atoms with Crippen LogP contribution < -0.4 is 0 Å². The van der Waals surface area contributed by atoms with E-state index in [-0.39, 0.29) is 0 Å². The number of hydrogen-bond acceptors (Lipinski definition) is 3. The molecule has 0 aromatic carbocycles. The molecule has 0 bridgehead atoms. The Morgan fingerprint density at radius 1 is 0.733 bits per heavy atom. The van der Waals surface area contributed by atoms with Crippen molar-refractivity contribution in [3.8, 4) is 0 Å². The third kappa shape index (κ3) is 8.16. The zero-order valence-corrected chi connectivity index (χ0v) is 14.6. The monoisotopic (exact) mass is 249 g/mol. The topological polar surface area (TPSA) is 9.72 Å². The van der Waals surface area contributed by atoms with Gasteiger partial charge in [0.05, 0.1) is 0 Å². The Hall–Kier alpha value is 0.314. The lowest BCUT2D eigenvalue weighted by Gasteiger charge is -2.35. The molecule has 0 aromatic heterocycles. The molecule has 0 amide bonds. The van der Waals surface area contributed by atoms with Gasteiger partial charge in [-0.1, -0.05) is 13.1 Å². The molecule has 0 saturated heterocycles. The first-order chi connectivity index (χ1) is 6.53. The molecule has 0 N–H and O–H groups in total. The predicted molar refractivity (Wildman–Crippen MR) is 77.4 cm³/mol. The highest BCUT2D eigenvalue weighted by atomic mass is 28.3. The summed E-state index contributed by atoms with van der Waals surface area (Å²) in [7, 11) is 11.2. The fourth-order valence-corrected chi connectivity index (χ4v) is 1.20. The second kappa shape index (κ2) is 7.56. The molecule has 0 atom stereocenters. The molecular weight excluding hydrogens is 218 g/mol. The lowest BCUT2D eigenvalue weighted by molar-refractivity contribution is 0.495. The van der Waals surface area contributed by atoms with E-state index in [0.29, 0.717) is 0 Å². The van der Waals surface area contributed by atoms with Crippen LogP contribution in [0, 0.1) is 0 Å². The zero-order valence-electron chi connectivity index (χ0n) is 12.4. The summed E-state index contributed by atoms with van der Waals surface area (Å²) in [6.45, 7) is 9.26. The molecule has 0 heterocycles. The van der Waals surface area contributed by atoms with Crippen molar-refractivity contribution in [1.29, 1.82) is 0 Å². The van der Waals surface area contributed by atoms with Crippen LogP contribution >= 0.6 is 0 Å². The Balaban J connectivity index is 0. The van der Waals surface area contributed by atoms with Gasteiger partial charge in [0.1, 0.15) is 8.96 Å². The molecule has 0 aromatic rings. The third-order valence-corrected chi connectivity index (χ3v) is 9.66. The van der Waals surface area contributed by atoms with E-state index in [1.807, 2.05) is 0 Å². The molecule has 0 fully saturated rings. The van der Waals surface area contributed by atoms with Crippen LogP contribution in [0.3, 0.4) is 0 Å². The minimum atomic E-state index is -1.19. The van der Waals surface area contributed by atoms with Gasteiger partial charge in [-0.3, -0.25) is 0 Å². The van der Waals surface area contributed by atoms with Crippen LogP contribution in [0.25, 0.3) is 0 Å². The number of nitrogens with zero attached hydrogens (tertiary/aromatic N) is 3. The average Bonchev–Trinajstić information content (AvgIpc) is 2.04. The van der Waals surface area contributed by atoms with Gasteiger partial charge in [-0.15, -0.1) is 0 Å². The molecule has 0 aliphatic heterocycles. The van der Waals surface area contributed by atoms with Crippen molar-refractivity contribution in [2.45, 2.75) is 26.2 Å². The van der Waals surface area contributed by atoms with Gasteiger partial charge in [0.25, 0.3) is 0 Å². The van der Waals surface area contributed by atoms with Crippen molar-refractivity contribution >= 4 is 17.4 Å². The molecule has 0 rings (SSSR count). The van der Waals surface area contributed by atoms with Gasteiger partial charge in [0, 0.05) is 0 Å². The molecule has 0 spiro atoms. The Morgan fingerprint density at radius 2 is 0.933 bits per heavy atom. The van der Waals surface area contributed by atoms with Crippen LogP contribution in [0.4, 0.5) is 0 Å². The third-order valence-electron chi connectivity index (χ3n) is 3.22. The Kier molecular flexibility index (Phi) is 8.93. The van der Waals surface area contributed by atoms with E-state index in [9.17, 15) is 0 Å². The van der Waals surface area contributed by atoms with Crippen molar-refractivity contribution in [3.05, 3.63) is 0 Å². The maximum absolute atomic E-state index is 2.33. The summed E-state index contributed by atoms with van der Waals surface area (Å²) in [5, 5.41) is 0. The van der Waals surface area contributed by atoms with Crippen LogP contribution in [0.2, 0.25) is 26.2 Å². The van der Waals surface area contributed by atoms with Gasteiger partial charge in [-0.2, -0.15) is 0 Å². The van der Waals surface area contributed by atoms with E-state index >= 15 is 0 Å². The van der Waals surface area contributed by atoms with E-state index in [1.54, 1.807) is 0 Å². The highest BCUT2D eigenvalue weighted by Gasteiger charge is 2.26. The highest BCUT2D eigenvalue weighted by Crippen LogP contribution is 2.06. The Morgan fingerprint density at radius 3 is 0.933 bits per heavy atom. The summed E-state index contributed by atoms with van der Waals surface area (Å²) in [6.07, 6.45) is 0. The minimum absolute atomic E-state index is 0.410. The van der Waals surface area contributed by atoms with Gasteiger partial charge in [-0.25, -0.2) is 0 Å². The van der Waals surface area contributed by atoms with Gasteiger partial charge < -0.3 is 13.7 Å². The molecule has 94 valence electrons. The molecule has 5 heteroatoms. The van der Waals surface area contributed by atoms with E-state index in [4.69, 9.17) is 0 Å². The van der Waals surface area contributed by atoms with Crippen molar-refractivity contribution in [2.75, 3.05) is 42.3 Å². The van der Waals surface area contributed by atoms with E-state index in [2.05, 4.69) is 82.2 Å². The SMILES string of the molecule is CN(C)[SiH](C)C.CN(C)[Si](C)(C)N(C)C. The molecule has 3 nitrogen and oxygen atoms in total. The van der Waals surface area contributed by atoms with E-state index < -0.39 is 17.4 Å². The summed E-state index contributed by atoms with van der Waals surface area (Å²) in [5.74, 6) is 0. The first-order valence-corrected chi connectivity index (χ1v) is 11.3. The molecule has 0 aliphatic rings. The predicted octanol–water partition coefficient (Wildman–Crippen LogP) is 1.34. The quantitative estimate of drug-likeness (QED) is 0.699. The molecule has 0 radical (unpaired) electrons. The summed E-state index contributed by atoms with van der Waals surface area (Å²) in [4.78, 5) is 0. The smallest absolute Gasteiger partial charge is 0.199 e. The second-order valence-electron chi connectivity index (χ2n) is 5.34. The maximum atomic E-state index is 2.33. The van der Waals surface area contributed by atoms with Gasteiger partial charge >= 0.3 is 0 Å². The molecular formula is C10H31N3Si2. The van der Waals surface area contributed by atoms with Gasteiger partial charge in [0.2, 0.25) is 0 Å². The summed E-state index contributed by atoms with van der Waals surface area (Å²) in [5.41, 5.74) is 0. The van der Waals surface area contributed by atoms with Crippen molar-refractivity contribution in [2.24, 2.45) is 0 Å². The first kappa shape index (κ1) is 17.7. The molecule has 0 aliphatic carbocycles. The van der Waals surface area contributed by atoms with E-state index in [0.717, 1.165) is 0 Å². The molecule has 0 unspecified atom stereocenters. The Labute approximate surface area is 99.9 Å². The summed E-state index contributed by atoms with van der Waals surface area (Å²) < 4.78 is 6.96. The van der Waals surface area contributed by atoms with E-state index in [1.165, 1.54) is 0 Å². The Bertz CT molecular complexity index is 141. The van der Waals surface area contributed by atoms with Crippen LogP contribution in [0.1, 0.15) is 0 Å². The fourth-order valence-electron chi connectivity index (χ4n) is 0.400. The zero-order chi connectivity index (χ0) is 12.8. The van der Waals surface area contributed by atoms with Crippen LogP contribution in [0.5, 0.6) is 0 Å². The van der Waals surface area contributed by atoms with Crippen LogP contribution in [-0.4, -0.2) is 73.3 Å². The van der Waals surface area contributed by atoms with Crippen molar-refractivity contribution in [3.63, 3.8) is 0 Å². The standard InChI is InChI=1S/C6H18N2Si.C4H13NSi/c1-7(2)9(5,6)8(3)4;1-5(2)6(3)4/h1-6H3;6H,1-4H3. The lowest BCUT2D eigenvalue weighted by Crippen LogP contribution is -2.55. The van der Waals surface area contributed by atoms with Gasteiger partial charge in [-0.05, 0) is 55.4 Å². The van der Waals surface area contributed by atoms with Crippen molar-refractivity contribution < 1.29 is 0 Å². The first-order valence-electron chi connectivity index (χ1n) is 5.54. The highest BCUT2D eigenvalue weighted by molar-refractivity contribution is 6.71. The summed E-state index contributed by atoms with van der Waals surface area (Å²) in [6, 6.07) is 0. The number of rotatable bonds is 3. The largest absolute Gasteiger partial charge is 0.332 e. The average molecular weight is 250 g/mol. The normalized spacial score (nSPS) is 12.4. The molecule has 0 saturated carbocycles. The minimum Gasteiger partial charge on any atom is -0.332 e. The second-order valence-corrected chi connectivity index (χ2v) is 13.3. The number of hydrogen-bond donors (Lipinski definition) is 0. The van der Waals surface area contributed by atoms with Gasteiger partial charge in [0.15, 0.2) is 8.40 Å². The van der Waals surface area contributed by atoms with Crippen LogP contribution in [0.15, 0.2) is 0 Å². The molecule has 15 heavy (non-hydrogen) atoms. The van der Waals surface area contributed by atoms with Crippen molar-refractivity contribution in [1.82, 2.24) is 13.7 Å². The lowest BCUT2D eigenvalue weighted by atomic mass is 11.2. The fraction of sp³-hybridized carbons (Fsp3) is 1.00. The maximum Gasteiger partial charge on any atom is 0.199 e.